The summed E-state index contributed by atoms with van der Waals surface area (Å²) in [6, 6.07) is 9.04. The lowest BCUT2D eigenvalue weighted by molar-refractivity contribution is -0.152. The Bertz CT molecular complexity index is 812. The number of nitrogens with zero attached hydrogens (tertiary/aromatic N) is 1. The third-order valence-corrected chi connectivity index (χ3v) is 6.60. The van der Waals surface area contributed by atoms with E-state index < -0.39 is 35.6 Å². The van der Waals surface area contributed by atoms with E-state index in [0.717, 1.165) is 18.4 Å². The zero-order chi connectivity index (χ0) is 24.9. The molecule has 34 heavy (non-hydrogen) atoms. The van der Waals surface area contributed by atoms with E-state index in [9.17, 15) is 14.7 Å². The summed E-state index contributed by atoms with van der Waals surface area (Å²) in [6.07, 6.45) is 4.04. The molecule has 1 unspecified atom stereocenters. The third-order valence-electron chi connectivity index (χ3n) is 6.60. The van der Waals surface area contributed by atoms with Gasteiger partial charge in [-0.25, -0.2) is 4.79 Å². The van der Waals surface area contributed by atoms with E-state index in [1.807, 2.05) is 65.0 Å². The fraction of sp³-hybridized carbons (Fsp3) is 0.704. The number of aliphatic hydroxyl groups is 1. The average molecular weight is 476 g/mol. The van der Waals surface area contributed by atoms with Crippen LogP contribution in [0.15, 0.2) is 30.3 Å². The minimum absolute atomic E-state index is 0.152. The van der Waals surface area contributed by atoms with Crippen LogP contribution in [-0.4, -0.2) is 51.6 Å². The Morgan fingerprint density at radius 1 is 1.15 bits per heavy atom. The molecule has 1 aliphatic heterocycles. The molecule has 2 aliphatic rings. The van der Waals surface area contributed by atoms with Crippen molar-refractivity contribution in [3.05, 3.63) is 35.9 Å². The van der Waals surface area contributed by atoms with Gasteiger partial charge in [-0.2, -0.15) is 0 Å². The van der Waals surface area contributed by atoms with Gasteiger partial charge in [0.05, 0.1) is 18.6 Å². The summed E-state index contributed by atoms with van der Waals surface area (Å²) in [5, 5.41) is 11.1. The van der Waals surface area contributed by atoms with E-state index in [1.165, 1.54) is 19.3 Å². The van der Waals surface area contributed by atoms with Crippen LogP contribution in [0.3, 0.4) is 0 Å². The molecule has 1 amide bonds. The first-order valence-electron chi connectivity index (χ1n) is 12.5. The Hall–Kier alpha value is -2.12. The number of rotatable bonds is 7. The second kappa shape index (κ2) is 11.1. The van der Waals surface area contributed by atoms with E-state index in [1.54, 1.807) is 4.90 Å². The van der Waals surface area contributed by atoms with E-state index in [4.69, 9.17) is 14.2 Å². The molecule has 0 aromatic heterocycles. The highest BCUT2D eigenvalue weighted by molar-refractivity contribution is 5.71. The minimum Gasteiger partial charge on any atom is -0.461 e. The number of hydrogen-bond donors (Lipinski definition) is 1. The number of carbonyl (C=O) groups excluding carboxylic acids is 2. The van der Waals surface area contributed by atoms with E-state index in [-0.39, 0.29) is 19.1 Å². The normalized spacial score (nSPS) is 24.0. The number of hydrogen-bond acceptors (Lipinski definition) is 6. The molecule has 1 aliphatic carbocycles. The molecule has 1 aromatic rings. The molecule has 3 rings (SSSR count). The standard InChI is InChI=1S/C27H41NO6/c1-26(2,3)34-25(31)28-21(16-19-12-8-6-9-13-19)24(33-27(28,4)5)22(29)17-23(30)32-18-20-14-10-7-11-15-20/h7,10-11,14-15,19,21-22,24,29H,6,8-9,12-13,16-18H2,1-5H3/t21-,22?,24+/m0/s1. The molecular weight excluding hydrogens is 434 g/mol. The van der Waals surface area contributed by atoms with Crippen molar-refractivity contribution in [2.24, 2.45) is 5.92 Å². The molecule has 1 saturated heterocycles. The molecule has 0 spiro atoms. The second-order valence-electron chi connectivity index (χ2n) is 11.1. The van der Waals surface area contributed by atoms with Gasteiger partial charge < -0.3 is 19.3 Å². The first-order valence-corrected chi connectivity index (χ1v) is 12.5. The number of aliphatic hydroxyl groups excluding tert-OH is 1. The van der Waals surface area contributed by atoms with Gasteiger partial charge in [-0.1, -0.05) is 62.4 Å². The molecule has 1 aromatic carbocycles. The number of amides is 1. The molecule has 3 atom stereocenters. The van der Waals surface area contributed by atoms with Gasteiger partial charge in [0.25, 0.3) is 0 Å². The largest absolute Gasteiger partial charge is 0.461 e. The number of carbonyl (C=O) groups is 2. The highest BCUT2D eigenvalue weighted by Crippen LogP contribution is 2.40. The molecular formula is C27H41NO6. The van der Waals surface area contributed by atoms with Crippen molar-refractivity contribution in [3.8, 4) is 0 Å². The van der Waals surface area contributed by atoms with Crippen LogP contribution in [0.4, 0.5) is 4.79 Å². The van der Waals surface area contributed by atoms with Crippen LogP contribution >= 0.6 is 0 Å². The SMILES string of the molecule is CC(C)(C)OC(=O)N1[C@@H](CC2CCCCC2)[C@H](C(O)CC(=O)OCc2ccccc2)OC1(C)C. The van der Waals surface area contributed by atoms with Crippen LogP contribution in [0.1, 0.15) is 85.1 Å². The Kier molecular flexibility index (Phi) is 8.63. The summed E-state index contributed by atoms with van der Waals surface area (Å²) in [4.78, 5) is 27.4. The Morgan fingerprint density at radius 2 is 1.79 bits per heavy atom. The third kappa shape index (κ3) is 7.19. The first-order chi connectivity index (χ1) is 16.0. The molecule has 0 radical (unpaired) electrons. The summed E-state index contributed by atoms with van der Waals surface area (Å²) >= 11 is 0. The van der Waals surface area contributed by atoms with Crippen molar-refractivity contribution in [1.82, 2.24) is 4.90 Å². The molecule has 0 bridgehead atoms. The Balaban J connectivity index is 1.73. The van der Waals surface area contributed by atoms with Crippen molar-refractivity contribution in [1.29, 1.82) is 0 Å². The van der Waals surface area contributed by atoms with Gasteiger partial charge in [0.2, 0.25) is 0 Å². The van der Waals surface area contributed by atoms with Crippen LogP contribution in [0, 0.1) is 5.92 Å². The minimum atomic E-state index is -1.09. The smallest absolute Gasteiger partial charge is 0.412 e. The monoisotopic (exact) mass is 475 g/mol. The van der Waals surface area contributed by atoms with Gasteiger partial charge >= 0.3 is 12.1 Å². The van der Waals surface area contributed by atoms with Crippen molar-refractivity contribution in [2.45, 2.75) is 116 Å². The summed E-state index contributed by atoms with van der Waals surface area (Å²) in [5.74, 6) is -0.0502. The fourth-order valence-electron chi connectivity index (χ4n) is 5.10. The quantitative estimate of drug-likeness (QED) is 0.546. The van der Waals surface area contributed by atoms with Gasteiger partial charge in [0, 0.05) is 0 Å². The Morgan fingerprint density at radius 3 is 2.41 bits per heavy atom. The molecule has 1 N–H and O–H groups in total. The van der Waals surface area contributed by atoms with Crippen molar-refractivity contribution < 1.29 is 28.9 Å². The van der Waals surface area contributed by atoms with Gasteiger partial charge in [0.1, 0.15) is 24.0 Å². The molecule has 7 heteroatoms. The predicted molar refractivity (Wildman–Crippen MR) is 129 cm³/mol. The Labute approximate surface area is 203 Å². The molecule has 190 valence electrons. The predicted octanol–water partition coefficient (Wildman–Crippen LogP) is 5.19. The van der Waals surface area contributed by atoms with E-state index in [0.29, 0.717) is 12.3 Å². The zero-order valence-corrected chi connectivity index (χ0v) is 21.3. The maximum Gasteiger partial charge on any atom is 0.412 e. The van der Waals surface area contributed by atoms with Gasteiger partial charge in [-0.15, -0.1) is 0 Å². The van der Waals surface area contributed by atoms with Crippen molar-refractivity contribution in [3.63, 3.8) is 0 Å². The van der Waals surface area contributed by atoms with Crippen LogP contribution in [0.5, 0.6) is 0 Å². The number of esters is 1. The molecule has 2 fully saturated rings. The lowest BCUT2D eigenvalue weighted by atomic mass is 9.82. The van der Waals surface area contributed by atoms with Crippen molar-refractivity contribution in [2.75, 3.05) is 0 Å². The number of benzene rings is 1. The lowest BCUT2D eigenvalue weighted by Crippen LogP contribution is -2.51. The average Bonchev–Trinajstić information content (AvgIpc) is 3.03. The van der Waals surface area contributed by atoms with Crippen LogP contribution < -0.4 is 0 Å². The maximum atomic E-state index is 13.2. The first kappa shape index (κ1) is 26.5. The molecule has 7 nitrogen and oxygen atoms in total. The number of ether oxygens (including phenoxy) is 3. The zero-order valence-electron chi connectivity index (χ0n) is 21.3. The van der Waals surface area contributed by atoms with E-state index in [2.05, 4.69) is 0 Å². The van der Waals surface area contributed by atoms with Crippen molar-refractivity contribution >= 4 is 12.1 Å². The summed E-state index contributed by atoms with van der Waals surface area (Å²) in [5.41, 5.74) is -0.739. The van der Waals surface area contributed by atoms with Crippen LogP contribution in [0.2, 0.25) is 0 Å². The van der Waals surface area contributed by atoms with Gasteiger partial charge in [-0.05, 0) is 52.5 Å². The maximum absolute atomic E-state index is 13.2. The van der Waals surface area contributed by atoms with Gasteiger partial charge in [0.15, 0.2) is 0 Å². The van der Waals surface area contributed by atoms with Gasteiger partial charge in [-0.3, -0.25) is 9.69 Å². The summed E-state index contributed by atoms with van der Waals surface area (Å²) < 4.78 is 17.3. The summed E-state index contributed by atoms with van der Waals surface area (Å²) in [7, 11) is 0. The van der Waals surface area contributed by atoms with E-state index >= 15 is 0 Å². The second-order valence-corrected chi connectivity index (χ2v) is 11.1. The van der Waals surface area contributed by atoms with Crippen LogP contribution in [0.25, 0.3) is 0 Å². The topological polar surface area (TPSA) is 85.3 Å². The van der Waals surface area contributed by atoms with Crippen LogP contribution in [-0.2, 0) is 25.6 Å². The summed E-state index contributed by atoms with van der Waals surface area (Å²) in [6.45, 7) is 9.27. The lowest BCUT2D eigenvalue weighted by Gasteiger charge is -2.37. The highest BCUT2D eigenvalue weighted by Gasteiger charge is 2.54. The molecule has 1 saturated carbocycles. The highest BCUT2D eigenvalue weighted by atomic mass is 16.6. The molecule has 1 heterocycles. The fourth-order valence-corrected chi connectivity index (χ4v) is 5.10.